The van der Waals surface area contributed by atoms with Gasteiger partial charge in [0.05, 0.1) is 5.54 Å². The molecule has 1 unspecified atom stereocenters. The Morgan fingerprint density at radius 1 is 1.21 bits per heavy atom. The number of halogens is 3. The van der Waals surface area contributed by atoms with Crippen LogP contribution >= 0.6 is 0 Å². The fourth-order valence-electron chi connectivity index (χ4n) is 3.19. The van der Waals surface area contributed by atoms with E-state index >= 15 is 0 Å². The molecule has 19 heavy (non-hydrogen) atoms. The fourth-order valence-corrected chi connectivity index (χ4v) is 3.19. The largest absolute Gasteiger partial charge is 0.573 e. The summed E-state index contributed by atoms with van der Waals surface area (Å²) in [4.78, 5) is 0. The average molecular weight is 271 g/mol. The number of para-hydroxylation sites is 1. The first kappa shape index (κ1) is 12.8. The highest BCUT2D eigenvalue weighted by Crippen LogP contribution is 2.52. The highest BCUT2D eigenvalue weighted by molar-refractivity contribution is 5.41. The normalized spacial score (nSPS) is 27.5. The molecule has 0 amide bonds. The van der Waals surface area contributed by atoms with Crippen molar-refractivity contribution >= 4 is 0 Å². The molecule has 0 spiro atoms. The molecule has 1 heterocycles. The zero-order valence-electron chi connectivity index (χ0n) is 10.5. The summed E-state index contributed by atoms with van der Waals surface area (Å²) in [6, 6.07) is 6.54. The van der Waals surface area contributed by atoms with E-state index in [2.05, 4.69) is 10.1 Å². The van der Waals surface area contributed by atoms with Gasteiger partial charge in [0.25, 0.3) is 0 Å². The second-order valence-electron chi connectivity index (χ2n) is 5.32. The molecule has 1 saturated heterocycles. The van der Waals surface area contributed by atoms with Gasteiger partial charge in [-0.25, -0.2) is 0 Å². The van der Waals surface area contributed by atoms with E-state index in [9.17, 15) is 13.2 Å². The molecule has 1 N–H and O–H groups in total. The zero-order chi connectivity index (χ0) is 13.5. The van der Waals surface area contributed by atoms with E-state index in [-0.39, 0.29) is 11.3 Å². The van der Waals surface area contributed by atoms with Crippen LogP contribution in [0.1, 0.15) is 31.2 Å². The fraction of sp³-hybridized carbons (Fsp3) is 0.571. The van der Waals surface area contributed by atoms with Gasteiger partial charge in [-0.2, -0.15) is 0 Å². The van der Waals surface area contributed by atoms with Crippen molar-refractivity contribution in [3.05, 3.63) is 29.8 Å². The monoisotopic (exact) mass is 271 g/mol. The summed E-state index contributed by atoms with van der Waals surface area (Å²) < 4.78 is 41.7. The minimum absolute atomic E-state index is 0.0590. The van der Waals surface area contributed by atoms with Gasteiger partial charge in [0, 0.05) is 5.56 Å². The molecule has 1 atom stereocenters. The number of nitrogens with one attached hydrogen (secondary N) is 1. The van der Waals surface area contributed by atoms with E-state index in [0.29, 0.717) is 11.5 Å². The van der Waals surface area contributed by atoms with E-state index < -0.39 is 6.36 Å². The van der Waals surface area contributed by atoms with Gasteiger partial charge in [0.1, 0.15) is 5.75 Å². The summed E-state index contributed by atoms with van der Waals surface area (Å²) >= 11 is 0. The molecule has 104 valence electrons. The molecular weight excluding hydrogens is 255 g/mol. The summed E-state index contributed by atoms with van der Waals surface area (Å²) in [5.41, 5.74) is 0.342. The highest BCUT2D eigenvalue weighted by Gasteiger charge is 2.49. The standard InChI is InChI=1S/C14H16F3NO/c15-14(16,17)19-12-5-2-1-4-11(12)13(10-6-7-10)8-3-9-18-13/h1-2,4-5,10,18H,3,6-9H2. The Bertz CT molecular complexity index is 462. The van der Waals surface area contributed by atoms with Crippen LogP contribution in [0.15, 0.2) is 24.3 Å². The molecule has 0 bridgehead atoms. The van der Waals surface area contributed by atoms with Crippen LogP contribution in [0.5, 0.6) is 5.75 Å². The van der Waals surface area contributed by atoms with Crippen molar-refractivity contribution in [2.75, 3.05) is 6.54 Å². The Hall–Kier alpha value is -1.23. The molecule has 0 aromatic heterocycles. The summed E-state index contributed by atoms with van der Waals surface area (Å²) in [7, 11) is 0. The molecule has 0 radical (unpaired) electrons. The molecule has 1 aliphatic carbocycles. The van der Waals surface area contributed by atoms with Crippen LogP contribution < -0.4 is 10.1 Å². The molecule has 2 nitrogen and oxygen atoms in total. The van der Waals surface area contributed by atoms with Crippen molar-refractivity contribution < 1.29 is 17.9 Å². The Balaban J connectivity index is 1.99. The van der Waals surface area contributed by atoms with Gasteiger partial charge in [-0.1, -0.05) is 18.2 Å². The van der Waals surface area contributed by atoms with E-state index in [1.54, 1.807) is 18.2 Å². The van der Waals surface area contributed by atoms with Crippen LogP contribution in [0, 0.1) is 5.92 Å². The minimum Gasteiger partial charge on any atom is -0.405 e. The van der Waals surface area contributed by atoms with Crippen molar-refractivity contribution in [1.29, 1.82) is 0 Å². The number of benzene rings is 1. The lowest BCUT2D eigenvalue weighted by Gasteiger charge is -2.32. The second kappa shape index (κ2) is 4.40. The first-order valence-electron chi connectivity index (χ1n) is 6.61. The number of ether oxygens (including phenoxy) is 1. The maximum atomic E-state index is 12.5. The van der Waals surface area contributed by atoms with Crippen LogP contribution in [0.25, 0.3) is 0 Å². The molecule has 5 heteroatoms. The van der Waals surface area contributed by atoms with Crippen LogP contribution in [-0.2, 0) is 5.54 Å². The molecule has 2 fully saturated rings. The maximum absolute atomic E-state index is 12.5. The van der Waals surface area contributed by atoms with Gasteiger partial charge in [-0.05, 0) is 44.2 Å². The lowest BCUT2D eigenvalue weighted by atomic mass is 9.83. The first-order chi connectivity index (χ1) is 9.01. The molecule has 1 aliphatic heterocycles. The van der Waals surface area contributed by atoms with E-state index in [1.165, 1.54) is 6.07 Å². The van der Waals surface area contributed by atoms with E-state index in [0.717, 1.165) is 32.2 Å². The Labute approximate surface area is 109 Å². The van der Waals surface area contributed by atoms with Crippen LogP contribution in [-0.4, -0.2) is 12.9 Å². The average Bonchev–Trinajstić information content (AvgIpc) is 3.08. The smallest absolute Gasteiger partial charge is 0.405 e. The van der Waals surface area contributed by atoms with Crippen molar-refractivity contribution in [3.63, 3.8) is 0 Å². The van der Waals surface area contributed by atoms with E-state index in [1.807, 2.05) is 0 Å². The number of rotatable bonds is 3. The van der Waals surface area contributed by atoms with Gasteiger partial charge in [0.15, 0.2) is 0 Å². The summed E-state index contributed by atoms with van der Waals surface area (Å²) in [5.74, 6) is 0.379. The van der Waals surface area contributed by atoms with E-state index in [4.69, 9.17) is 0 Å². The third-order valence-electron chi connectivity index (χ3n) is 4.06. The lowest BCUT2D eigenvalue weighted by Crippen LogP contribution is -2.39. The van der Waals surface area contributed by atoms with Gasteiger partial charge >= 0.3 is 6.36 Å². The van der Waals surface area contributed by atoms with Crippen LogP contribution in [0.3, 0.4) is 0 Å². The number of hydrogen-bond donors (Lipinski definition) is 1. The minimum atomic E-state index is -4.64. The number of alkyl halides is 3. The number of hydrogen-bond acceptors (Lipinski definition) is 2. The Morgan fingerprint density at radius 2 is 1.95 bits per heavy atom. The lowest BCUT2D eigenvalue weighted by molar-refractivity contribution is -0.275. The molecule has 1 saturated carbocycles. The third kappa shape index (κ3) is 2.43. The topological polar surface area (TPSA) is 21.3 Å². The quantitative estimate of drug-likeness (QED) is 0.907. The van der Waals surface area contributed by atoms with Gasteiger partial charge < -0.3 is 10.1 Å². The van der Waals surface area contributed by atoms with Gasteiger partial charge in [-0.15, -0.1) is 13.2 Å². The van der Waals surface area contributed by atoms with Gasteiger partial charge in [-0.3, -0.25) is 0 Å². The summed E-state index contributed by atoms with van der Waals surface area (Å²) in [5, 5.41) is 3.43. The summed E-state index contributed by atoms with van der Waals surface area (Å²) in [6.45, 7) is 0.858. The molecule has 1 aromatic rings. The van der Waals surface area contributed by atoms with Crippen molar-refractivity contribution in [2.24, 2.45) is 5.92 Å². The van der Waals surface area contributed by atoms with Crippen molar-refractivity contribution in [1.82, 2.24) is 5.32 Å². The molecule has 2 aliphatic rings. The van der Waals surface area contributed by atoms with Crippen molar-refractivity contribution in [3.8, 4) is 5.75 Å². The molecule has 3 rings (SSSR count). The predicted octanol–water partition coefficient (Wildman–Crippen LogP) is 3.57. The van der Waals surface area contributed by atoms with Gasteiger partial charge in [0.2, 0.25) is 0 Å². The molecular formula is C14H16F3NO. The first-order valence-corrected chi connectivity index (χ1v) is 6.61. The van der Waals surface area contributed by atoms with Crippen molar-refractivity contribution in [2.45, 2.75) is 37.6 Å². The van der Waals surface area contributed by atoms with Crippen LogP contribution in [0.4, 0.5) is 13.2 Å². The zero-order valence-corrected chi connectivity index (χ0v) is 10.5. The van der Waals surface area contributed by atoms with Crippen LogP contribution in [0.2, 0.25) is 0 Å². The third-order valence-corrected chi connectivity index (χ3v) is 4.06. The Morgan fingerprint density at radius 3 is 2.53 bits per heavy atom. The SMILES string of the molecule is FC(F)(F)Oc1ccccc1C1(C2CC2)CCCN1. The molecule has 1 aromatic carbocycles. The predicted molar refractivity (Wildman–Crippen MR) is 64.8 cm³/mol. The second-order valence-corrected chi connectivity index (χ2v) is 5.32. The highest BCUT2D eigenvalue weighted by atomic mass is 19.4. The summed E-state index contributed by atoms with van der Waals surface area (Å²) in [6.07, 6.45) is -0.604. The Kier molecular flexibility index (Phi) is 2.96. The maximum Gasteiger partial charge on any atom is 0.573 e.